The molecular weight excluding hydrogens is 394 g/mol. The fourth-order valence-electron chi connectivity index (χ4n) is 4.54. The molecule has 3 aromatic heterocycles. The molecule has 1 aliphatic rings. The van der Waals surface area contributed by atoms with Crippen LogP contribution in [0, 0.1) is 20.8 Å². The molecule has 31 heavy (non-hydrogen) atoms. The van der Waals surface area contributed by atoms with E-state index in [2.05, 4.69) is 4.57 Å². The zero-order valence-electron chi connectivity index (χ0n) is 18.4. The molecule has 8 nitrogen and oxygen atoms in total. The molecule has 8 heteroatoms. The summed E-state index contributed by atoms with van der Waals surface area (Å²) in [5.41, 5.74) is 4.23. The van der Waals surface area contributed by atoms with Gasteiger partial charge in [-0.25, -0.2) is 4.79 Å². The first-order chi connectivity index (χ1) is 14.9. The van der Waals surface area contributed by atoms with Crippen molar-refractivity contribution in [3.05, 3.63) is 67.6 Å². The maximum Gasteiger partial charge on any atom is 0.332 e. The van der Waals surface area contributed by atoms with Crippen LogP contribution in [0.15, 0.2) is 33.9 Å². The number of ether oxygens (including phenoxy) is 1. The van der Waals surface area contributed by atoms with Gasteiger partial charge in [-0.1, -0.05) is 29.8 Å². The highest BCUT2D eigenvalue weighted by Gasteiger charge is 2.25. The summed E-state index contributed by atoms with van der Waals surface area (Å²) in [7, 11) is 1.68. The van der Waals surface area contributed by atoms with Gasteiger partial charge in [-0.2, -0.15) is 4.98 Å². The summed E-state index contributed by atoms with van der Waals surface area (Å²) in [6.45, 7) is 7.74. The van der Waals surface area contributed by atoms with Gasteiger partial charge in [0.1, 0.15) is 0 Å². The van der Waals surface area contributed by atoms with Crippen molar-refractivity contribution in [3.8, 4) is 0 Å². The topological polar surface area (TPSA) is 75.5 Å². The Labute approximate surface area is 179 Å². The Kier molecular flexibility index (Phi) is 4.62. The van der Waals surface area contributed by atoms with Crippen molar-refractivity contribution in [1.82, 2.24) is 23.1 Å². The molecule has 1 aliphatic heterocycles. The van der Waals surface area contributed by atoms with Crippen molar-refractivity contribution in [2.45, 2.75) is 52.8 Å². The van der Waals surface area contributed by atoms with Crippen molar-refractivity contribution < 1.29 is 4.74 Å². The minimum Gasteiger partial charge on any atom is -0.376 e. The van der Waals surface area contributed by atoms with Crippen molar-refractivity contribution in [1.29, 1.82) is 0 Å². The van der Waals surface area contributed by atoms with Gasteiger partial charge in [0.15, 0.2) is 11.2 Å². The van der Waals surface area contributed by atoms with Crippen molar-refractivity contribution in [2.75, 3.05) is 6.61 Å². The fraction of sp³-hybridized carbons (Fsp3) is 0.435. The van der Waals surface area contributed by atoms with Crippen LogP contribution in [-0.2, 0) is 24.9 Å². The quantitative estimate of drug-likeness (QED) is 0.507. The SMILES string of the molecule is Cc1ccc(Cn2c(=O)c3c(nc4n(C[C@@H]5CCCO5)c(C)c(C)n34)n(C)c2=O)cc1. The molecule has 0 spiro atoms. The van der Waals surface area contributed by atoms with Gasteiger partial charge in [0.05, 0.1) is 19.2 Å². The third-order valence-corrected chi connectivity index (χ3v) is 6.50. The number of benzene rings is 1. The smallest absolute Gasteiger partial charge is 0.332 e. The molecule has 0 saturated carbocycles. The lowest BCUT2D eigenvalue weighted by Gasteiger charge is -2.12. The van der Waals surface area contributed by atoms with Crippen molar-refractivity contribution in [3.63, 3.8) is 0 Å². The Bertz CT molecular complexity index is 1410. The molecule has 1 fully saturated rings. The Morgan fingerprint density at radius 3 is 2.48 bits per heavy atom. The van der Waals surface area contributed by atoms with E-state index in [1.54, 1.807) is 7.05 Å². The third-order valence-electron chi connectivity index (χ3n) is 6.50. The third kappa shape index (κ3) is 3.05. The summed E-state index contributed by atoms with van der Waals surface area (Å²) >= 11 is 0. The zero-order chi connectivity index (χ0) is 21.9. The van der Waals surface area contributed by atoms with Crippen LogP contribution < -0.4 is 11.2 Å². The van der Waals surface area contributed by atoms with E-state index < -0.39 is 0 Å². The second kappa shape index (κ2) is 7.23. The monoisotopic (exact) mass is 421 g/mol. The molecule has 5 rings (SSSR count). The maximum absolute atomic E-state index is 13.5. The second-order valence-electron chi connectivity index (χ2n) is 8.55. The van der Waals surface area contributed by atoms with Crippen LogP contribution >= 0.6 is 0 Å². The summed E-state index contributed by atoms with van der Waals surface area (Å²) < 4.78 is 12.6. The lowest BCUT2D eigenvalue weighted by molar-refractivity contribution is 0.0974. The molecule has 162 valence electrons. The molecule has 1 atom stereocenters. The van der Waals surface area contributed by atoms with Crippen LogP contribution in [0.5, 0.6) is 0 Å². The lowest BCUT2D eigenvalue weighted by Crippen LogP contribution is -2.39. The number of hydrogen-bond acceptors (Lipinski definition) is 4. The van der Waals surface area contributed by atoms with E-state index >= 15 is 0 Å². The molecule has 0 radical (unpaired) electrons. The molecule has 4 heterocycles. The highest BCUT2D eigenvalue weighted by atomic mass is 16.5. The van der Waals surface area contributed by atoms with Gasteiger partial charge in [0.25, 0.3) is 5.56 Å². The molecule has 1 aromatic carbocycles. The standard InChI is InChI=1S/C23H27N5O3/c1-14-7-9-17(10-8-14)12-27-21(29)19-20(25(4)23(27)30)24-22-26(13-18-6-5-11-31-18)15(2)16(3)28(19)22/h7-10,18H,5-6,11-13H2,1-4H3/t18-/m0/s1. The average Bonchev–Trinajstić information content (AvgIpc) is 3.46. The summed E-state index contributed by atoms with van der Waals surface area (Å²) in [6.07, 6.45) is 2.23. The Morgan fingerprint density at radius 1 is 1.06 bits per heavy atom. The number of fused-ring (bicyclic) bond motifs is 3. The van der Waals surface area contributed by atoms with E-state index in [9.17, 15) is 9.59 Å². The maximum atomic E-state index is 13.5. The van der Waals surface area contributed by atoms with E-state index in [1.165, 1.54) is 9.13 Å². The van der Waals surface area contributed by atoms with Crippen molar-refractivity contribution in [2.24, 2.45) is 7.05 Å². The number of aryl methyl sites for hydroxylation is 3. The molecular formula is C23H27N5O3. The normalized spacial score (nSPS) is 16.7. The van der Waals surface area contributed by atoms with Gasteiger partial charge in [0, 0.05) is 25.0 Å². The summed E-state index contributed by atoms with van der Waals surface area (Å²) in [5.74, 6) is 0.681. The number of nitrogens with zero attached hydrogens (tertiary/aromatic N) is 5. The first-order valence-corrected chi connectivity index (χ1v) is 10.7. The highest BCUT2D eigenvalue weighted by Crippen LogP contribution is 2.23. The van der Waals surface area contributed by atoms with Gasteiger partial charge < -0.3 is 9.30 Å². The van der Waals surface area contributed by atoms with Gasteiger partial charge in [0.2, 0.25) is 5.78 Å². The Morgan fingerprint density at radius 2 is 1.81 bits per heavy atom. The minimum absolute atomic E-state index is 0.149. The molecule has 0 N–H and O–H groups in total. The molecule has 1 saturated heterocycles. The minimum atomic E-state index is -0.362. The van der Waals surface area contributed by atoms with Crippen molar-refractivity contribution >= 4 is 16.9 Å². The number of hydrogen-bond donors (Lipinski definition) is 0. The zero-order valence-corrected chi connectivity index (χ0v) is 18.4. The van der Waals surface area contributed by atoms with Gasteiger partial charge in [-0.3, -0.25) is 18.3 Å². The van der Waals surface area contributed by atoms with E-state index in [1.807, 2.05) is 49.4 Å². The van der Waals surface area contributed by atoms with Crippen LogP contribution in [0.4, 0.5) is 0 Å². The van der Waals surface area contributed by atoms with Crippen LogP contribution in [0.1, 0.15) is 35.4 Å². The first-order valence-electron chi connectivity index (χ1n) is 10.7. The van der Waals surface area contributed by atoms with E-state index in [-0.39, 0.29) is 23.9 Å². The Hall–Kier alpha value is -3.13. The summed E-state index contributed by atoms with van der Waals surface area (Å²) in [4.78, 5) is 31.3. The molecule has 0 bridgehead atoms. The number of rotatable bonds is 4. The van der Waals surface area contributed by atoms with E-state index in [4.69, 9.17) is 9.72 Å². The van der Waals surface area contributed by atoms with Crippen LogP contribution in [0.2, 0.25) is 0 Å². The second-order valence-corrected chi connectivity index (χ2v) is 8.55. The highest BCUT2D eigenvalue weighted by molar-refractivity contribution is 5.76. The molecule has 4 aromatic rings. The molecule has 0 unspecified atom stereocenters. The number of aromatic nitrogens is 5. The molecule has 0 aliphatic carbocycles. The van der Waals surface area contributed by atoms with Crippen LogP contribution in [-0.4, -0.2) is 35.8 Å². The fourth-order valence-corrected chi connectivity index (χ4v) is 4.54. The predicted octanol–water partition coefficient (Wildman–Crippen LogP) is 2.30. The summed E-state index contributed by atoms with van der Waals surface area (Å²) in [6, 6.07) is 7.87. The predicted molar refractivity (Wildman–Crippen MR) is 119 cm³/mol. The number of imidazole rings is 2. The van der Waals surface area contributed by atoms with E-state index in [0.29, 0.717) is 23.5 Å². The van der Waals surface area contributed by atoms with Gasteiger partial charge in [-0.15, -0.1) is 0 Å². The van der Waals surface area contributed by atoms with E-state index in [0.717, 1.165) is 42.0 Å². The lowest BCUT2D eigenvalue weighted by atomic mass is 10.1. The van der Waals surface area contributed by atoms with Crippen LogP contribution in [0.25, 0.3) is 16.9 Å². The average molecular weight is 422 g/mol. The Balaban J connectivity index is 1.73. The van der Waals surface area contributed by atoms with Crippen LogP contribution in [0.3, 0.4) is 0 Å². The molecule has 0 amide bonds. The summed E-state index contributed by atoms with van der Waals surface area (Å²) in [5, 5.41) is 0. The van der Waals surface area contributed by atoms with Gasteiger partial charge in [-0.05, 0) is 39.2 Å². The first kappa shape index (κ1) is 19.8. The van der Waals surface area contributed by atoms with Gasteiger partial charge >= 0.3 is 5.69 Å². The largest absolute Gasteiger partial charge is 0.376 e.